The van der Waals surface area contributed by atoms with Crippen LogP contribution in [0.1, 0.15) is 114 Å². The zero-order valence-electron chi connectivity index (χ0n) is 34.6. The van der Waals surface area contributed by atoms with Crippen molar-refractivity contribution < 1.29 is 9.47 Å². The maximum atomic E-state index is 6.92. The number of hydrogen-bond donors (Lipinski definition) is 0. The molecule has 8 rings (SSSR count). The van der Waals surface area contributed by atoms with E-state index in [0.717, 1.165) is 45.4 Å². The molecule has 3 heterocycles. The maximum Gasteiger partial charge on any atom is 0.216 e. The number of rotatable bonds is 6. The summed E-state index contributed by atoms with van der Waals surface area (Å²) in [6.45, 7) is 23.0. The van der Waals surface area contributed by atoms with Crippen molar-refractivity contribution >= 4 is 27.7 Å². The minimum absolute atomic E-state index is 0.0117. The van der Waals surface area contributed by atoms with Crippen LogP contribution in [0.4, 0.5) is 0 Å². The van der Waals surface area contributed by atoms with Gasteiger partial charge < -0.3 is 9.47 Å². The van der Waals surface area contributed by atoms with Gasteiger partial charge in [-0.2, -0.15) is 0 Å². The molecular weight excluding hydrogens is 675 g/mol. The van der Waals surface area contributed by atoms with Crippen molar-refractivity contribution in [1.29, 1.82) is 0 Å². The fourth-order valence-corrected chi connectivity index (χ4v) is 9.07. The molecule has 2 aliphatic rings. The quantitative estimate of drug-likeness (QED) is 0.171. The summed E-state index contributed by atoms with van der Waals surface area (Å²) in [5, 5.41) is 2.39. The molecule has 4 aromatic carbocycles. The van der Waals surface area contributed by atoms with Crippen LogP contribution in [0.5, 0.6) is 11.5 Å². The third-order valence-corrected chi connectivity index (χ3v) is 12.1. The van der Waals surface area contributed by atoms with Gasteiger partial charge in [-0.25, -0.2) is 9.98 Å². The van der Waals surface area contributed by atoms with Gasteiger partial charge in [0, 0.05) is 28.6 Å². The average Bonchev–Trinajstić information content (AvgIpc) is 3.69. The van der Waals surface area contributed by atoms with Crippen molar-refractivity contribution in [2.24, 2.45) is 10.9 Å². The second-order valence-corrected chi connectivity index (χ2v) is 18.7. The highest BCUT2D eigenvalue weighted by Crippen LogP contribution is 2.42. The van der Waals surface area contributed by atoms with E-state index in [1.165, 1.54) is 76.3 Å². The van der Waals surface area contributed by atoms with E-state index in [9.17, 15) is 0 Å². The van der Waals surface area contributed by atoms with Crippen LogP contribution in [0, 0.1) is 26.7 Å². The van der Waals surface area contributed by atoms with E-state index in [-0.39, 0.29) is 16.4 Å². The normalized spacial score (nSPS) is 18.2. The number of aryl methyl sites for hydroxylation is 3. The number of hydrogen-bond acceptors (Lipinski definition) is 4. The number of aromatic nitrogens is 2. The molecule has 0 saturated heterocycles. The number of benzene rings is 4. The van der Waals surface area contributed by atoms with Crippen LogP contribution in [0.2, 0.25) is 0 Å². The van der Waals surface area contributed by atoms with Gasteiger partial charge in [-0.3, -0.25) is 4.57 Å². The zero-order chi connectivity index (χ0) is 38.9. The van der Waals surface area contributed by atoms with Crippen molar-refractivity contribution in [2.75, 3.05) is 6.61 Å². The van der Waals surface area contributed by atoms with Gasteiger partial charge in [0.15, 0.2) is 0 Å². The van der Waals surface area contributed by atoms with Crippen LogP contribution in [-0.4, -0.2) is 27.6 Å². The Labute approximate surface area is 327 Å². The molecule has 2 aromatic heterocycles. The minimum Gasteiger partial charge on any atom is -0.475 e. The zero-order valence-corrected chi connectivity index (χ0v) is 34.6. The summed E-state index contributed by atoms with van der Waals surface area (Å²) in [4.78, 5) is 10.3. The second kappa shape index (κ2) is 13.7. The third kappa shape index (κ3) is 7.07. The molecule has 0 spiro atoms. The predicted octanol–water partition coefficient (Wildman–Crippen LogP) is 13.3. The molecule has 6 aromatic rings. The first-order valence-corrected chi connectivity index (χ1v) is 20.3. The monoisotopic (exact) mass is 731 g/mol. The summed E-state index contributed by atoms with van der Waals surface area (Å²) < 4.78 is 15.7. The topological polar surface area (TPSA) is 48.6 Å². The van der Waals surface area contributed by atoms with Gasteiger partial charge in [0.25, 0.3) is 0 Å². The molecule has 1 aliphatic carbocycles. The van der Waals surface area contributed by atoms with Gasteiger partial charge in [0.05, 0.1) is 16.6 Å². The van der Waals surface area contributed by atoms with Gasteiger partial charge in [-0.1, -0.05) is 84.6 Å². The molecule has 1 fully saturated rings. The summed E-state index contributed by atoms with van der Waals surface area (Å²) in [6, 6.07) is 28.8. The Morgan fingerprint density at radius 2 is 1.38 bits per heavy atom. The Morgan fingerprint density at radius 1 is 0.691 bits per heavy atom. The number of fused-ring (bicyclic) bond motifs is 3. The molecule has 5 nitrogen and oxygen atoms in total. The van der Waals surface area contributed by atoms with Gasteiger partial charge in [-0.05, 0) is 145 Å². The molecule has 284 valence electrons. The summed E-state index contributed by atoms with van der Waals surface area (Å²) in [5.41, 5.74) is 11.6. The van der Waals surface area contributed by atoms with Crippen LogP contribution in [-0.2, 0) is 15.6 Å². The van der Waals surface area contributed by atoms with Gasteiger partial charge in [-0.15, -0.1) is 0 Å². The van der Waals surface area contributed by atoms with Crippen LogP contribution in [0.3, 0.4) is 0 Å². The van der Waals surface area contributed by atoms with Crippen LogP contribution in [0.25, 0.3) is 38.8 Å². The molecular formula is C50H57N3O2. The predicted molar refractivity (Wildman–Crippen MR) is 230 cm³/mol. The van der Waals surface area contributed by atoms with Crippen molar-refractivity contribution in [3.63, 3.8) is 0 Å². The lowest BCUT2D eigenvalue weighted by Crippen LogP contribution is -2.35. The van der Waals surface area contributed by atoms with E-state index in [2.05, 4.69) is 153 Å². The number of pyridine rings is 1. The lowest BCUT2D eigenvalue weighted by atomic mass is 9.76. The molecule has 0 bridgehead atoms. The highest BCUT2D eigenvalue weighted by atomic mass is 16.5. The molecule has 1 atom stereocenters. The smallest absolute Gasteiger partial charge is 0.216 e. The first-order valence-electron chi connectivity index (χ1n) is 20.3. The first kappa shape index (κ1) is 37.0. The summed E-state index contributed by atoms with van der Waals surface area (Å²) in [6.07, 6.45) is 8.27. The third-order valence-electron chi connectivity index (χ3n) is 12.1. The van der Waals surface area contributed by atoms with E-state index in [1.54, 1.807) is 0 Å². The van der Waals surface area contributed by atoms with Gasteiger partial charge in [0.2, 0.25) is 5.90 Å². The fourth-order valence-electron chi connectivity index (χ4n) is 9.07. The molecule has 1 saturated carbocycles. The Morgan fingerprint density at radius 3 is 2.09 bits per heavy atom. The van der Waals surface area contributed by atoms with Crippen molar-refractivity contribution in [1.82, 2.24) is 9.55 Å². The summed E-state index contributed by atoms with van der Waals surface area (Å²) >= 11 is 0. The summed E-state index contributed by atoms with van der Waals surface area (Å²) in [7, 11) is 0. The first-order chi connectivity index (χ1) is 26.1. The highest BCUT2D eigenvalue weighted by molar-refractivity contribution is 6.10. The molecule has 0 unspecified atom stereocenters. The summed E-state index contributed by atoms with van der Waals surface area (Å²) in [5.74, 6) is 3.70. The number of nitrogens with zero attached hydrogens (tertiary/aromatic N) is 3. The van der Waals surface area contributed by atoms with Gasteiger partial charge >= 0.3 is 0 Å². The van der Waals surface area contributed by atoms with E-state index < -0.39 is 0 Å². The fraction of sp³-hybridized carbons (Fsp3) is 0.400. The molecule has 5 heteroatoms. The molecule has 1 aliphatic heterocycles. The Hall–Kier alpha value is -4.90. The molecule has 0 N–H and O–H groups in total. The number of aliphatic imine (C=N–C) groups is 1. The highest BCUT2D eigenvalue weighted by Gasteiger charge is 2.40. The molecule has 0 radical (unpaired) electrons. The standard InChI is InChI=1S/C50H57N3O2/c1-31-22-32(2)46(33(3)23-31)34-24-35(47-52-50(10,30-54-47)36-14-12-11-13-15-36)26-40(25-34)55-39-17-18-41-42-27-37(48(4,5)6)16-19-43(42)53(44(41)29-39)45-28-38(20-21-51-45)49(7,8)9/h16-29,36H,11-15,30H2,1-10H3/t50-/m0/s1. The SMILES string of the molecule is Cc1cc(C)c(-c2cc(Oc3ccc4c5cc(C(C)(C)C)ccc5n(-c5cc(C(C)(C)C)ccn5)c4c3)cc(C3=N[C@](C)(C4CCCCC4)CO3)c2)c(C)c1. The average molecular weight is 732 g/mol. The van der Waals surface area contributed by atoms with E-state index in [4.69, 9.17) is 19.5 Å². The van der Waals surface area contributed by atoms with E-state index in [1.807, 2.05) is 6.20 Å². The second-order valence-electron chi connectivity index (χ2n) is 18.7. The van der Waals surface area contributed by atoms with Gasteiger partial charge in [0.1, 0.15) is 23.9 Å². The van der Waals surface area contributed by atoms with Crippen molar-refractivity contribution in [3.8, 4) is 28.4 Å². The Bertz CT molecular complexity index is 2440. The minimum atomic E-state index is -0.202. The van der Waals surface area contributed by atoms with E-state index >= 15 is 0 Å². The lowest BCUT2D eigenvalue weighted by molar-refractivity contribution is 0.170. The lowest BCUT2D eigenvalue weighted by Gasteiger charge is -2.32. The van der Waals surface area contributed by atoms with Crippen LogP contribution < -0.4 is 4.74 Å². The van der Waals surface area contributed by atoms with Crippen LogP contribution >= 0.6 is 0 Å². The molecule has 0 amide bonds. The maximum absolute atomic E-state index is 6.92. The largest absolute Gasteiger partial charge is 0.475 e. The van der Waals surface area contributed by atoms with E-state index in [0.29, 0.717) is 12.5 Å². The van der Waals surface area contributed by atoms with Crippen molar-refractivity contribution in [2.45, 2.75) is 118 Å². The Kier molecular flexibility index (Phi) is 9.22. The number of ether oxygens (including phenoxy) is 2. The molecule has 55 heavy (non-hydrogen) atoms. The Balaban J connectivity index is 1.27. The van der Waals surface area contributed by atoms with Crippen LogP contribution in [0.15, 0.2) is 90.1 Å². The van der Waals surface area contributed by atoms with Crippen molar-refractivity contribution in [3.05, 3.63) is 118 Å².